The second kappa shape index (κ2) is 4.65. The van der Waals surface area contributed by atoms with Crippen molar-refractivity contribution in [2.45, 2.75) is 13.8 Å². The van der Waals surface area contributed by atoms with Gasteiger partial charge in [0, 0.05) is 24.4 Å². The first-order chi connectivity index (χ1) is 7.78. The van der Waals surface area contributed by atoms with Crippen molar-refractivity contribution >= 4 is 5.69 Å². The largest absolute Gasteiger partial charge is 0.436 e. The van der Waals surface area contributed by atoms with E-state index in [0.29, 0.717) is 11.6 Å². The van der Waals surface area contributed by atoms with Crippen LogP contribution in [0.4, 0.5) is 5.69 Å². The number of aromatic amines is 1. The molecule has 5 heteroatoms. The molecule has 0 radical (unpaired) electrons. The number of pyridine rings is 1. The summed E-state index contributed by atoms with van der Waals surface area (Å²) in [6.45, 7) is 4.81. The van der Waals surface area contributed by atoms with Gasteiger partial charge in [0.1, 0.15) is 5.75 Å². The van der Waals surface area contributed by atoms with Crippen molar-refractivity contribution in [3.05, 3.63) is 30.2 Å². The third kappa shape index (κ3) is 2.50. The lowest BCUT2D eigenvalue weighted by Crippen LogP contribution is -1.97. The maximum Gasteiger partial charge on any atom is 0.238 e. The molecule has 0 saturated carbocycles. The van der Waals surface area contributed by atoms with E-state index in [1.807, 2.05) is 26.0 Å². The lowest BCUT2D eigenvalue weighted by molar-refractivity contribution is 0.459. The Kier molecular flexibility index (Phi) is 3.05. The van der Waals surface area contributed by atoms with Crippen LogP contribution >= 0.6 is 0 Å². The predicted molar refractivity (Wildman–Crippen MR) is 61.8 cm³/mol. The summed E-state index contributed by atoms with van der Waals surface area (Å²) in [4.78, 5) is 4.08. The molecule has 0 atom stereocenters. The van der Waals surface area contributed by atoms with Crippen LogP contribution in [0, 0.1) is 6.92 Å². The number of nitrogens with zero attached hydrogens (tertiary/aromatic N) is 2. The number of aromatic nitrogens is 3. The van der Waals surface area contributed by atoms with Gasteiger partial charge in [-0.15, -0.1) is 5.10 Å². The molecule has 0 fully saturated rings. The molecule has 0 amide bonds. The summed E-state index contributed by atoms with van der Waals surface area (Å²) in [6.07, 6.45) is 3.41. The molecule has 2 heterocycles. The van der Waals surface area contributed by atoms with Crippen molar-refractivity contribution in [2.24, 2.45) is 0 Å². The molecule has 0 aliphatic heterocycles. The van der Waals surface area contributed by atoms with E-state index in [2.05, 4.69) is 20.5 Å². The second-order valence-corrected chi connectivity index (χ2v) is 3.43. The normalized spacial score (nSPS) is 10.1. The smallest absolute Gasteiger partial charge is 0.238 e. The highest BCUT2D eigenvalue weighted by Crippen LogP contribution is 2.21. The molecule has 0 unspecified atom stereocenters. The number of hydrogen-bond donors (Lipinski definition) is 2. The third-order valence-corrected chi connectivity index (χ3v) is 2.00. The summed E-state index contributed by atoms with van der Waals surface area (Å²) in [7, 11) is 0. The molecule has 2 aromatic rings. The van der Waals surface area contributed by atoms with Crippen molar-refractivity contribution in [2.75, 3.05) is 11.9 Å². The summed E-state index contributed by atoms with van der Waals surface area (Å²) in [5.41, 5.74) is 1.90. The molecule has 0 aliphatic carbocycles. The van der Waals surface area contributed by atoms with E-state index in [1.165, 1.54) is 0 Å². The van der Waals surface area contributed by atoms with Crippen molar-refractivity contribution in [3.8, 4) is 11.6 Å². The number of nitrogens with one attached hydrogen (secondary N) is 2. The Labute approximate surface area is 93.9 Å². The number of hydrogen-bond acceptors (Lipinski definition) is 4. The van der Waals surface area contributed by atoms with Crippen LogP contribution in [0.2, 0.25) is 0 Å². The maximum atomic E-state index is 5.54. The molecule has 0 aliphatic rings. The Bertz CT molecular complexity index is 467. The van der Waals surface area contributed by atoms with Gasteiger partial charge in [0.05, 0.1) is 18.1 Å². The van der Waals surface area contributed by atoms with Crippen LogP contribution in [0.3, 0.4) is 0 Å². The molecule has 84 valence electrons. The van der Waals surface area contributed by atoms with Gasteiger partial charge < -0.3 is 10.1 Å². The molecule has 0 aromatic carbocycles. The topological polar surface area (TPSA) is 62.8 Å². The van der Waals surface area contributed by atoms with Gasteiger partial charge in [0.2, 0.25) is 5.88 Å². The van der Waals surface area contributed by atoms with Crippen LogP contribution in [0.15, 0.2) is 24.5 Å². The quantitative estimate of drug-likeness (QED) is 0.826. The van der Waals surface area contributed by atoms with E-state index in [-0.39, 0.29) is 0 Å². The summed E-state index contributed by atoms with van der Waals surface area (Å²) in [6, 6.07) is 3.72. The first-order valence-corrected chi connectivity index (χ1v) is 5.16. The Morgan fingerprint density at radius 2 is 2.25 bits per heavy atom. The number of ether oxygens (including phenoxy) is 1. The standard InChI is InChI=1S/C11H14N4O/c1-3-13-9-5-10(7-12-6-9)16-11-4-8(2)14-15-11/h4-7,13H,3H2,1-2H3,(H,14,15). The van der Waals surface area contributed by atoms with Crippen LogP contribution in [0.25, 0.3) is 0 Å². The summed E-state index contributed by atoms with van der Waals surface area (Å²) in [5.74, 6) is 1.22. The summed E-state index contributed by atoms with van der Waals surface area (Å²) in [5, 5.41) is 9.98. The Morgan fingerprint density at radius 1 is 1.38 bits per heavy atom. The highest BCUT2D eigenvalue weighted by Gasteiger charge is 2.02. The van der Waals surface area contributed by atoms with E-state index >= 15 is 0 Å². The van der Waals surface area contributed by atoms with E-state index in [4.69, 9.17) is 4.74 Å². The van der Waals surface area contributed by atoms with E-state index in [0.717, 1.165) is 17.9 Å². The fraction of sp³-hybridized carbons (Fsp3) is 0.273. The van der Waals surface area contributed by atoms with Gasteiger partial charge >= 0.3 is 0 Å². The van der Waals surface area contributed by atoms with Crippen LogP contribution in [0.1, 0.15) is 12.6 Å². The molecule has 2 aromatic heterocycles. The van der Waals surface area contributed by atoms with Crippen molar-refractivity contribution in [3.63, 3.8) is 0 Å². The lowest BCUT2D eigenvalue weighted by Gasteiger charge is -2.05. The van der Waals surface area contributed by atoms with Crippen molar-refractivity contribution in [1.29, 1.82) is 0 Å². The zero-order valence-electron chi connectivity index (χ0n) is 9.32. The summed E-state index contributed by atoms with van der Waals surface area (Å²) < 4.78 is 5.54. The molecule has 2 N–H and O–H groups in total. The van der Waals surface area contributed by atoms with Crippen LogP contribution in [-0.4, -0.2) is 21.7 Å². The molecule has 0 spiro atoms. The van der Waals surface area contributed by atoms with E-state index < -0.39 is 0 Å². The minimum absolute atomic E-state index is 0.549. The van der Waals surface area contributed by atoms with Crippen molar-refractivity contribution in [1.82, 2.24) is 15.2 Å². The molecular formula is C11H14N4O. The zero-order valence-corrected chi connectivity index (χ0v) is 9.32. The highest BCUT2D eigenvalue weighted by molar-refractivity contribution is 5.45. The molecule has 0 bridgehead atoms. The summed E-state index contributed by atoms with van der Waals surface area (Å²) >= 11 is 0. The SMILES string of the molecule is CCNc1cncc(Oc2cc(C)[nH]n2)c1. The van der Waals surface area contributed by atoms with Gasteiger partial charge in [0.15, 0.2) is 0 Å². The average molecular weight is 218 g/mol. The fourth-order valence-electron chi connectivity index (χ4n) is 1.34. The van der Waals surface area contributed by atoms with Gasteiger partial charge in [-0.05, 0) is 13.8 Å². The molecular weight excluding hydrogens is 204 g/mol. The zero-order chi connectivity index (χ0) is 11.4. The maximum absolute atomic E-state index is 5.54. The van der Waals surface area contributed by atoms with Gasteiger partial charge in [-0.3, -0.25) is 10.1 Å². The number of H-pyrrole nitrogens is 1. The highest BCUT2D eigenvalue weighted by atomic mass is 16.5. The lowest BCUT2D eigenvalue weighted by atomic mass is 10.4. The Morgan fingerprint density at radius 3 is 2.94 bits per heavy atom. The first kappa shape index (κ1) is 10.5. The van der Waals surface area contributed by atoms with Gasteiger partial charge in [-0.25, -0.2) is 0 Å². The van der Waals surface area contributed by atoms with E-state index in [9.17, 15) is 0 Å². The van der Waals surface area contributed by atoms with E-state index in [1.54, 1.807) is 12.4 Å². The molecule has 0 saturated heterocycles. The van der Waals surface area contributed by atoms with Crippen LogP contribution < -0.4 is 10.1 Å². The predicted octanol–water partition coefficient (Wildman–Crippen LogP) is 2.34. The third-order valence-electron chi connectivity index (χ3n) is 2.00. The van der Waals surface area contributed by atoms with Gasteiger partial charge in [-0.1, -0.05) is 0 Å². The first-order valence-electron chi connectivity index (χ1n) is 5.16. The van der Waals surface area contributed by atoms with Crippen LogP contribution in [0.5, 0.6) is 11.6 Å². The van der Waals surface area contributed by atoms with Gasteiger partial charge in [-0.2, -0.15) is 0 Å². The number of anilines is 1. The number of rotatable bonds is 4. The molecule has 2 rings (SSSR count). The minimum Gasteiger partial charge on any atom is -0.436 e. The Hall–Kier alpha value is -2.04. The molecule has 16 heavy (non-hydrogen) atoms. The van der Waals surface area contributed by atoms with Crippen molar-refractivity contribution < 1.29 is 4.74 Å². The second-order valence-electron chi connectivity index (χ2n) is 3.43. The molecule has 5 nitrogen and oxygen atoms in total. The minimum atomic E-state index is 0.549. The van der Waals surface area contributed by atoms with Crippen LogP contribution in [-0.2, 0) is 0 Å². The fourth-order valence-corrected chi connectivity index (χ4v) is 1.34. The number of aryl methyl sites for hydroxylation is 1. The van der Waals surface area contributed by atoms with Gasteiger partial charge in [0.25, 0.3) is 0 Å². The Balaban J connectivity index is 2.12. The average Bonchev–Trinajstić information content (AvgIpc) is 2.65. The monoisotopic (exact) mass is 218 g/mol.